The Morgan fingerprint density at radius 3 is 2.88 bits per heavy atom. The highest BCUT2D eigenvalue weighted by atomic mass is 16.5. The number of ether oxygens (including phenoxy) is 1. The van der Waals surface area contributed by atoms with Gasteiger partial charge in [0.25, 0.3) is 0 Å². The van der Waals surface area contributed by atoms with Crippen LogP contribution in [0.3, 0.4) is 0 Å². The molecule has 88 valence electrons. The molecule has 0 amide bonds. The summed E-state index contributed by atoms with van der Waals surface area (Å²) in [4.78, 5) is 4.12. The van der Waals surface area contributed by atoms with Gasteiger partial charge in [-0.1, -0.05) is 29.4 Å². The van der Waals surface area contributed by atoms with Gasteiger partial charge < -0.3 is 15.0 Å². The summed E-state index contributed by atoms with van der Waals surface area (Å²) in [5.41, 5.74) is 5.32. The van der Waals surface area contributed by atoms with Crippen LogP contribution in [0, 0.1) is 0 Å². The predicted octanol–water partition coefficient (Wildman–Crippen LogP) is 1.62. The van der Waals surface area contributed by atoms with Gasteiger partial charge >= 0.3 is 0 Å². The van der Waals surface area contributed by atoms with E-state index < -0.39 is 0 Å². The zero-order valence-corrected chi connectivity index (χ0v) is 9.24. The van der Waals surface area contributed by atoms with Crippen LogP contribution in [0.15, 0.2) is 40.9 Å². The van der Waals surface area contributed by atoms with Crippen LogP contribution >= 0.6 is 0 Å². The standard InChI is InChI=1S/C12H13N3O2/c13-8-4-7-12-14-11(15-17-12)9-16-10-5-2-1-3-6-10/h1-7H,8-9,13H2/b7-4+. The Bertz CT molecular complexity index is 480. The van der Waals surface area contributed by atoms with E-state index in [0.717, 1.165) is 5.75 Å². The maximum Gasteiger partial charge on any atom is 0.250 e. The van der Waals surface area contributed by atoms with Crippen LogP contribution in [-0.2, 0) is 6.61 Å². The van der Waals surface area contributed by atoms with Crippen LogP contribution < -0.4 is 10.5 Å². The summed E-state index contributed by atoms with van der Waals surface area (Å²) in [6, 6.07) is 9.48. The highest BCUT2D eigenvalue weighted by Crippen LogP contribution is 2.10. The second-order valence-electron chi connectivity index (χ2n) is 3.29. The number of rotatable bonds is 5. The Labute approximate surface area is 98.9 Å². The Balaban J connectivity index is 1.91. The van der Waals surface area contributed by atoms with Crippen molar-refractivity contribution in [2.75, 3.05) is 6.54 Å². The summed E-state index contributed by atoms with van der Waals surface area (Å²) in [5, 5.41) is 3.78. The fourth-order valence-corrected chi connectivity index (χ4v) is 1.23. The van der Waals surface area contributed by atoms with Crippen molar-refractivity contribution in [2.24, 2.45) is 5.73 Å². The van der Waals surface area contributed by atoms with Gasteiger partial charge in [-0.25, -0.2) is 0 Å². The first kappa shape index (κ1) is 11.3. The number of nitrogens with two attached hydrogens (primary N) is 1. The van der Waals surface area contributed by atoms with E-state index >= 15 is 0 Å². The van der Waals surface area contributed by atoms with Crippen LogP contribution in [0.5, 0.6) is 5.75 Å². The number of benzene rings is 1. The van der Waals surface area contributed by atoms with Crippen molar-refractivity contribution >= 4 is 6.08 Å². The first-order valence-corrected chi connectivity index (χ1v) is 5.25. The molecular formula is C12H13N3O2. The lowest BCUT2D eigenvalue weighted by Crippen LogP contribution is -1.97. The minimum absolute atomic E-state index is 0.282. The van der Waals surface area contributed by atoms with Crippen molar-refractivity contribution < 1.29 is 9.26 Å². The van der Waals surface area contributed by atoms with Crippen LogP contribution in [0.2, 0.25) is 0 Å². The molecule has 2 rings (SSSR count). The third kappa shape index (κ3) is 3.42. The Hall–Kier alpha value is -2.14. The molecule has 0 aliphatic carbocycles. The summed E-state index contributed by atoms with van der Waals surface area (Å²) in [5.74, 6) is 1.71. The van der Waals surface area contributed by atoms with Gasteiger partial charge in [-0.2, -0.15) is 4.98 Å². The number of hydrogen-bond donors (Lipinski definition) is 1. The Kier molecular flexibility index (Phi) is 3.88. The van der Waals surface area contributed by atoms with Crippen molar-refractivity contribution in [2.45, 2.75) is 6.61 Å². The summed E-state index contributed by atoms with van der Waals surface area (Å²) in [6.07, 6.45) is 3.42. The SMILES string of the molecule is NC/C=C/c1nc(COc2ccccc2)no1. The largest absolute Gasteiger partial charge is 0.485 e. The van der Waals surface area contributed by atoms with Gasteiger partial charge in [0.2, 0.25) is 11.7 Å². The third-order valence-electron chi connectivity index (χ3n) is 1.99. The first-order chi connectivity index (χ1) is 8.38. The molecule has 0 bridgehead atoms. The molecule has 0 unspecified atom stereocenters. The number of nitrogens with zero attached hydrogens (tertiary/aromatic N) is 2. The van der Waals surface area contributed by atoms with Gasteiger partial charge in [0.05, 0.1) is 0 Å². The van der Waals surface area contributed by atoms with Gasteiger partial charge in [0.1, 0.15) is 5.75 Å². The quantitative estimate of drug-likeness (QED) is 0.846. The summed E-state index contributed by atoms with van der Waals surface area (Å²) < 4.78 is 10.4. The van der Waals surface area contributed by atoms with Gasteiger partial charge in [-0.3, -0.25) is 0 Å². The first-order valence-electron chi connectivity index (χ1n) is 5.25. The van der Waals surface area contributed by atoms with Gasteiger partial charge in [0.15, 0.2) is 6.61 Å². The lowest BCUT2D eigenvalue weighted by Gasteiger charge is -2.01. The average Bonchev–Trinajstić information content (AvgIpc) is 2.83. The number of para-hydroxylation sites is 1. The molecule has 0 saturated carbocycles. The summed E-state index contributed by atoms with van der Waals surface area (Å²) in [6.45, 7) is 0.724. The third-order valence-corrected chi connectivity index (χ3v) is 1.99. The molecule has 2 N–H and O–H groups in total. The van der Waals surface area contributed by atoms with Gasteiger partial charge in [-0.15, -0.1) is 0 Å². The second-order valence-corrected chi connectivity index (χ2v) is 3.29. The molecule has 17 heavy (non-hydrogen) atoms. The molecule has 5 nitrogen and oxygen atoms in total. The van der Waals surface area contributed by atoms with Crippen LogP contribution in [0.4, 0.5) is 0 Å². The minimum Gasteiger partial charge on any atom is -0.485 e. The van der Waals surface area contributed by atoms with E-state index in [1.54, 1.807) is 12.2 Å². The minimum atomic E-state index is 0.282. The van der Waals surface area contributed by atoms with E-state index in [-0.39, 0.29) is 6.61 Å². The topological polar surface area (TPSA) is 74.2 Å². The maximum absolute atomic E-state index is 5.48. The molecule has 0 radical (unpaired) electrons. The van der Waals surface area contributed by atoms with E-state index in [4.69, 9.17) is 15.0 Å². The molecule has 0 fully saturated rings. The summed E-state index contributed by atoms with van der Waals surface area (Å²) >= 11 is 0. The number of hydrogen-bond acceptors (Lipinski definition) is 5. The lowest BCUT2D eigenvalue weighted by molar-refractivity contribution is 0.286. The zero-order chi connectivity index (χ0) is 11.9. The number of aromatic nitrogens is 2. The Morgan fingerprint density at radius 1 is 1.29 bits per heavy atom. The van der Waals surface area contributed by atoms with Crippen molar-refractivity contribution in [1.82, 2.24) is 10.1 Å². The molecule has 1 aromatic heterocycles. The van der Waals surface area contributed by atoms with E-state index in [1.165, 1.54) is 0 Å². The van der Waals surface area contributed by atoms with Crippen LogP contribution in [-0.4, -0.2) is 16.7 Å². The van der Waals surface area contributed by atoms with Crippen molar-refractivity contribution in [3.8, 4) is 5.75 Å². The lowest BCUT2D eigenvalue weighted by atomic mass is 10.3. The fourth-order valence-electron chi connectivity index (χ4n) is 1.23. The van der Waals surface area contributed by atoms with E-state index in [9.17, 15) is 0 Å². The molecule has 0 aliphatic rings. The smallest absolute Gasteiger partial charge is 0.250 e. The molecule has 0 spiro atoms. The summed E-state index contributed by atoms with van der Waals surface area (Å²) in [7, 11) is 0. The molecule has 0 aliphatic heterocycles. The van der Waals surface area contributed by atoms with Crippen LogP contribution in [0.25, 0.3) is 6.08 Å². The molecular weight excluding hydrogens is 218 g/mol. The highest BCUT2D eigenvalue weighted by molar-refractivity contribution is 5.37. The van der Waals surface area contributed by atoms with Gasteiger partial charge in [0, 0.05) is 12.6 Å². The van der Waals surface area contributed by atoms with Crippen molar-refractivity contribution in [3.05, 3.63) is 48.1 Å². The fraction of sp³-hybridized carbons (Fsp3) is 0.167. The monoisotopic (exact) mass is 231 g/mol. The second kappa shape index (κ2) is 5.81. The van der Waals surface area contributed by atoms with E-state index in [1.807, 2.05) is 30.3 Å². The maximum atomic E-state index is 5.48. The highest BCUT2D eigenvalue weighted by Gasteiger charge is 2.03. The molecule has 2 aromatic rings. The average molecular weight is 231 g/mol. The van der Waals surface area contributed by atoms with E-state index in [2.05, 4.69) is 10.1 Å². The molecule has 1 aromatic carbocycles. The predicted molar refractivity (Wildman–Crippen MR) is 63.2 cm³/mol. The van der Waals surface area contributed by atoms with E-state index in [0.29, 0.717) is 18.3 Å². The molecule has 1 heterocycles. The zero-order valence-electron chi connectivity index (χ0n) is 9.24. The Morgan fingerprint density at radius 2 is 2.12 bits per heavy atom. The van der Waals surface area contributed by atoms with Crippen molar-refractivity contribution in [3.63, 3.8) is 0 Å². The van der Waals surface area contributed by atoms with Gasteiger partial charge in [-0.05, 0) is 12.1 Å². The molecule has 5 heteroatoms. The molecule has 0 atom stereocenters. The normalized spacial score (nSPS) is 10.9. The van der Waals surface area contributed by atoms with Crippen LogP contribution in [0.1, 0.15) is 11.7 Å². The van der Waals surface area contributed by atoms with Crippen molar-refractivity contribution in [1.29, 1.82) is 0 Å². The molecule has 0 saturated heterocycles.